The summed E-state index contributed by atoms with van der Waals surface area (Å²) in [6.07, 6.45) is 0. The number of rotatable bonds is 3. The minimum absolute atomic E-state index is 0.547. The van der Waals surface area contributed by atoms with Crippen LogP contribution in [0.5, 0.6) is 0 Å². The maximum atomic E-state index is 6.01. The summed E-state index contributed by atoms with van der Waals surface area (Å²) < 4.78 is 0. The summed E-state index contributed by atoms with van der Waals surface area (Å²) in [5.74, 6) is 0.547. The van der Waals surface area contributed by atoms with Crippen molar-refractivity contribution in [2.45, 2.75) is 0 Å². The van der Waals surface area contributed by atoms with Crippen LogP contribution in [0, 0.1) is 0 Å². The smallest absolute Gasteiger partial charge is 0.177 e. The standard InChI is InChI=1S/C19H12Cl2N4/c20-17-5-1-12(2-6-17)14-9-15(13-3-7-18(21)8-4-13)11-16(10-14)19-22-24-25-23-19/h1-11H,(H,22,23,24,25). The van der Waals surface area contributed by atoms with Crippen LogP contribution in [0.3, 0.4) is 0 Å². The number of nitrogens with zero attached hydrogens (tertiary/aromatic N) is 3. The van der Waals surface area contributed by atoms with Gasteiger partial charge in [0, 0.05) is 15.6 Å². The predicted octanol–water partition coefficient (Wildman–Crippen LogP) is 5.51. The molecular weight excluding hydrogens is 355 g/mol. The number of hydrogen-bond donors (Lipinski definition) is 1. The number of tetrazole rings is 1. The molecule has 0 aliphatic heterocycles. The summed E-state index contributed by atoms with van der Waals surface area (Å²) >= 11 is 12.0. The molecule has 0 spiro atoms. The van der Waals surface area contributed by atoms with Crippen LogP contribution in [0.15, 0.2) is 66.7 Å². The highest BCUT2D eigenvalue weighted by molar-refractivity contribution is 6.30. The first kappa shape index (κ1) is 15.8. The Kier molecular flexibility index (Phi) is 4.22. The molecule has 1 heterocycles. The average Bonchev–Trinajstić information content (AvgIpc) is 3.17. The highest BCUT2D eigenvalue weighted by Crippen LogP contribution is 2.32. The molecule has 25 heavy (non-hydrogen) atoms. The summed E-state index contributed by atoms with van der Waals surface area (Å²) in [5.41, 5.74) is 5.09. The fourth-order valence-corrected chi connectivity index (χ4v) is 2.91. The Bertz CT molecular complexity index is 931. The van der Waals surface area contributed by atoms with Crippen LogP contribution in [0.4, 0.5) is 0 Å². The minimum atomic E-state index is 0.547. The Hall–Kier alpha value is -2.69. The Morgan fingerprint density at radius 1 is 0.600 bits per heavy atom. The van der Waals surface area contributed by atoms with E-state index in [-0.39, 0.29) is 0 Å². The van der Waals surface area contributed by atoms with E-state index in [1.165, 1.54) is 0 Å². The van der Waals surface area contributed by atoms with Gasteiger partial charge in [0.25, 0.3) is 0 Å². The first-order valence-corrected chi connectivity index (χ1v) is 8.35. The molecule has 0 aliphatic rings. The van der Waals surface area contributed by atoms with Crippen LogP contribution in [-0.2, 0) is 0 Å². The van der Waals surface area contributed by atoms with Gasteiger partial charge >= 0.3 is 0 Å². The van der Waals surface area contributed by atoms with Crippen molar-refractivity contribution in [3.05, 3.63) is 76.8 Å². The van der Waals surface area contributed by atoms with Gasteiger partial charge in [-0.15, -0.1) is 10.2 Å². The van der Waals surface area contributed by atoms with E-state index >= 15 is 0 Å². The quantitative estimate of drug-likeness (QED) is 0.520. The van der Waals surface area contributed by atoms with Crippen LogP contribution in [0.2, 0.25) is 10.0 Å². The summed E-state index contributed by atoms with van der Waals surface area (Å²) in [6.45, 7) is 0. The van der Waals surface area contributed by atoms with Crippen molar-refractivity contribution in [2.24, 2.45) is 0 Å². The number of aromatic nitrogens is 4. The molecule has 0 radical (unpaired) electrons. The molecule has 3 aromatic carbocycles. The molecule has 4 aromatic rings. The van der Waals surface area contributed by atoms with Crippen molar-refractivity contribution in [1.82, 2.24) is 20.6 Å². The predicted molar refractivity (Wildman–Crippen MR) is 101 cm³/mol. The van der Waals surface area contributed by atoms with E-state index in [1.807, 2.05) is 60.7 Å². The van der Waals surface area contributed by atoms with Crippen molar-refractivity contribution >= 4 is 23.2 Å². The minimum Gasteiger partial charge on any atom is -0.177 e. The third-order valence-electron chi connectivity index (χ3n) is 3.89. The van der Waals surface area contributed by atoms with Crippen molar-refractivity contribution in [2.75, 3.05) is 0 Å². The van der Waals surface area contributed by atoms with Gasteiger partial charge in [-0.25, -0.2) is 0 Å². The molecule has 0 saturated heterocycles. The van der Waals surface area contributed by atoms with Gasteiger partial charge in [-0.1, -0.05) is 47.5 Å². The fraction of sp³-hybridized carbons (Fsp3) is 0. The Morgan fingerprint density at radius 3 is 1.52 bits per heavy atom. The normalized spacial score (nSPS) is 10.8. The third kappa shape index (κ3) is 3.40. The van der Waals surface area contributed by atoms with Crippen molar-refractivity contribution in [1.29, 1.82) is 0 Å². The Labute approximate surface area is 154 Å². The van der Waals surface area contributed by atoms with E-state index in [0.717, 1.165) is 27.8 Å². The lowest BCUT2D eigenvalue weighted by Gasteiger charge is -2.09. The Morgan fingerprint density at radius 2 is 1.08 bits per heavy atom. The molecule has 1 N–H and O–H groups in total. The third-order valence-corrected chi connectivity index (χ3v) is 4.40. The van der Waals surface area contributed by atoms with Crippen LogP contribution in [0.25, 0.3) is 33.6 Å². The second-order valence-electron chi connectivity index (χ2n) is 5.55. The zero-order valence-electron chi connectivity index (χ0n) is 12.9. The lowest BCUT2D eigenvalue weighted by molar-refractivity contribution is 0.881. The highest BCUT2D eigenvalue weighted by atomic mass is 35.5. The van der Waals surface area contributed by atoms with Crippen molar-refractivity contribution in [3.8, 4) is 33.6 Å². The maximum absolute atomic E-state index is 6.01. The van der Waals surface area contributed by atoms with Crippen molar-refractivity contribution < 1.29 is 0 Å². The highest BCUT2D eigenvalue weighted by Gasteiger charge is 2.10. The number of nitrogens with one attached hydrogen (secondary N) is 1. The van der Waals surface area contributed by atoms with Gasteiger partial charge in [-0.05, 0) is 69.9 Å². The van der Waals surface area contributed by atoms with Crippen LogP contribution >= 0.6 is 23.2 Å². The molecule has 0 fully saturated rings. The van der Waals surface area contributed by atoms with Crippen LogP contribution in [-0.4, -0.2) is 20.6 Å². The number of hydrogen-bond acceptors (Lipinski definition) is 3. The van der Waals surface area contributed by atoms with E-state index in [9.17, 15) is 0 Å². The van der Waals surface area contributed by atoms with E-state index in [0.29, 0.717) is 15.9 Å². The summed E-state index contributed by atoms with van der Waals surface area (Å²) in [5, 5.41) is 15.8. The summed E-state index contributed by atoms with van der Waals surface area (Å²) in [7, 11) is 0. The molecule has 6 heteroatoms. The lowest BCUT2D eigenvalue weighted by Crippen LogP contribution is -1.87. The molecule has 4 nitrogen and oxygen atoms in total. The molecule has 4 rings (SSSR count). The maximum Gasteiger partial charge on any atom is 0.204 e. The van der Waals surface area contributed by atoms with Gasteiger partial charge in [0.1, 0.15) is 0 Å². The molecule has 0 bridgehead atoms. The molecule has 0 atom stereocenters. The number of benzene rings is 3. The van der Waals surface area contributed by atoms with Gasteiger partial charge in [-0.2, -0.15) is 5.21 Å². The van der Waals surface area contributed by atoms with E-state index in [2.05, 4.69) is 26.7 Å². The molecule has 122 valence electrons. The largest absolute Gasteiger partial charge is 0.204 e. The first-order valence-electron chi connectivity index (χ1n) is 7.60. The van der Waals surface area contributed by atoms with Gasteiger partial charge in [0.05, 0.1) is 0 Å². The van der Waals surface area contributed by atoms with Crippen LogP contribution < -0.4 is 0 Å². The molecular formula is C19H12Cl2N4. The average molecular weight is 367 g/mol. The van der Waals surface area contributed by atoms with Gasteiger partial charge < -0.3 is 0 Å². The second-order valence-corrected chi connectivity index (χ2v) is 6.42. The van der Waals surface area contributed by atoms with Gasteiger partial charge in [-0.3, -0.25) is 0 Å². The number of halogens is 2. The van der Waals surface area contributed by atoms with Crippen molar-refractivity contribution in [3.63, 3.8) is 0 Å². The molecule has 1 aromatic heterocycles. The fourth-order valence-electron chi connectivity index (χ4n) is 2.66. The van der Waals surface area contributed by atoms with Crippen LogP contribution in [0.1, 0.15) is 0 Å². The summed E-state index contributed by atoms with van der Waals surface area (Å²) in [4.78, 5) is 0. The van der Waals surface area contributed by atoms with Gasteiger partial charge in [0.2, 0.25) is 5.82 Å². The first-order chi connectivity index (χ1) is 12.2. The molecule has 0 saturated carbocycles. The zero-order chi connectivity index (χ0) is 17.2. The van der Waals surface area contributed by atoms with E-state index in [1.54, 1.807) is 0 Å². The molecule has 0 unspecified atom stereocenters. The van der Waals surface area contributed by atoms with Gasteiger partial charge in [0.15, 0.2) is 0 Å². The zero-order valence-corrected chi connectivity index (χ0v) is 14.5. The number of aromatic amines is 1. The molecule has 0 amide bonds. The van der Waals surface area contributed by atoms with E-state index < -0.39 is 0 Å². The topological polar surface area (TPSA) is 54.5 Å². The molecule has 0 aliphatic carbocycles. The lowest BCUT2D eigenvalue weighted by atomic mass is 9.96. The SMILES string of the molecule is Clc1ccc(-c2cc(-c3ccc(Cl)cc3)cc(-c3nn[nH]n3)c2)cc1. The number of H-pyrrole nitrogens is 1. The Balaban J connectivity index is 1.88. The van der Waals surface area contributed by atoms with E-state index in [4.69, 9.17) is 23.2 Å². The monoisotopic (exact) mass is 366 g/mol. The summed E-state index contributed by atoms with van der Waals surface area (Å²) in [6, 6.07) is 21.6. The second kappa shape index (κ2) is 6.67.